The van der Waals surface area contributed by atoms with E-state index < -0.39 is 11.9 Å². The maximum Gasteiger partial charge on any atom is 0.314 e. The van der Waals surface area contributed by atoms with Crippen LogP contribution in [0, 0.1) is 0 Å². The van der Waals surface area contributed by atoms with Gasteiger partial charge in [-0.3, -0.25) is 14.6 Å². The molecule has 2 heterocycles. The predicted octanol–water partition coefficient (Wildman–Crippen LogP) is 1.68. The van der Waals surface area contributed by atoms with Crippen molar-refractivity contribution in [3.63, 3.8) is 0 Å². The van der Waals surface area contributed by atoms with E-state index in [4.69, 9.17) is 11.6 Å². The normalized spacial score (nSPS) is 17.7. The highest BCUT2D eigenvalue weighted by molar-refractivity contribution is 6.31. The molecule has 4 nitrogen and oxygen atoms in total. The van der Waals surface area contributed by atoms with Gasteiger partial charge in [-0.2, -0.15) is 0 Å². The fourth-order valence-electron chi connectivity index (χ4n) is 1.62. The lowest BCUT2D eigenvalue weighted by atomic mass is 9.92. The van der Waals surface area contributed by atoms with Gasteiger partial charge in [0.05, 0.1) is 17.9 Å². The zero-order valence-electron chi connectivity index (χ0n) is 7.77. The molecule has 1 fully saturated rings. The maximum atomic E-state index is 11.1. The molecule has 0 bridgehead atoms. The molecule has 5 heteroatoms. The molecule has 0 aromatic carbocycles. The smallest absolute Gasteiger partial charge is 0.314 e. The highest BCUT2D eigenvalue weighted by Gasteiger charge is 2.29. The van der Waals surface area contributed by atoms with Crippen molar-refractivity contribution in [2.45, 2.75) is 18.8 Å². The number of esters is 2. The summed E-state index contributed by atoms with van der Waals surface area (Å²) >= 11 is 5.93. The van der Waals surface area contributed by atoms with Crippen LogP contribution in [0.15, 0.2) is 18.5 Å². The number of hydrogen-bond donors (Lipinski definition) is 0. The SMILES string of the molecule is O=C1CC(c2ccncc2Cl)CC(=O)O1. The van der Waals surface area contributed by atoms with E-state index in [1.54, 1.807) is 12.3 Å². The van der Waals surface area contributed by atoms with Crippen molar-refractivity contribution in [3.05, 3.63) is 29.0 Å². The molecule has 1 aromatic rings. The van der Waals surface area contributed by atoms with Crippen LogP contribution in [0.25, 0.3) is 0 Å². The number of rotatable bonds is 1. The highest BCUT2D eigenvalue weighted by atomic mass is 35.5. The van der Waals surface area contributed by atoms with Crippen LogP contribution in [0.1, 0.15) is 24.3 Å². The summed E-state index contributed by atoms with van der Waals surface area (Å²) in [5.41, 5.74) is 0.775. The van der Waals surface area contributed by atoms with Gasteiger partial charge in [0.1, 0.15) is 0 Å². The number of pyridine rings is 1. The number of halogens is 1. The first-order valence-electron chi connectivity index (χ1n) is 4.49. The molecule has 2 rings (SSSR count). The van der Waals surface area contributed by atoms with Gasteiger partial charge in [0, 0.05) is 18.3 Å². The molecule has 0 atom stereocenters. The average Bonchev–Trinajstić information content (AvgIpc) is 2.16. The monoisotopic (exact) mass is 225 g/mol. The first kappa shape index (κ1) is 10.1. The molecule has 1 aliphatic heterocycles. The van der Waals surface area contributed by atoms with E-state index in [1.807, 2.05) is 0 Å². The molecule has 0 aliphatic carbocycles. The van der Waals surface area contributed by atoms with Crippen molar-refractivity contribution in [2.75, 3.05) is 0 Å². The van der Waals surface area contributed by atoms with Gasteiger partial charge < -0.3 is 4.74 Å². The van der Waals surface area contributed by atoms with Crippen LogP contribution in [0.4, 0.5) is 0 Å². The van der Waals surface area contributed by atoms with E-state index >= 15 is 0 Å². The van der Waals surface area contributed by atoms with Gasteiger partial charge in [-0.25, -0.2) is 0 Å². The quantitative estimate of drug-likeness (QED) is 0.539. The molecule has 78 valence electrons. The Balaban J connectivity index is 2.27. The summed E-state index contributed by atoms with van der Waals surface area (Å²) in [5.74, 6) is -1.18. The second kappa shape index (κ2) is 3.98. The average molecular weight is 226 g/mol. The third kappa shape index (κ3) is 2.15. The Kier molecular flexibility index (Phi) is 2.68. The minimum atomic E-state index is -0.496. The molecule has 0 amide bonds. The maximum absolute atomic E-state index is 11.1. The van der Waals surface area contributed by atoms with Crippen LogP contribution >= 0.6 is 11.6 Å². The van der Waals surface area contributed by atoms with Crippen molar-refractivity contribution in [2.24, 2.45) is 0 Å². The van der Waals surface area contributed by atoms with E-state index in [-0.39, 0.29) is 18.8 Å². The zero-order chi connectivity index (χ0) is 10.8. The topological polar surface area (TPSA) is 56.3 Å². The summed E-state index contributed by atoms with van der Waals surface area (Å²) < 4.78 is 4.44. The second-order valence-electron chi connectivity index (χ2n) is 3.35. The van der Waals surface area contributed by atoms with Crippen molar-refractivity contribution in [1.29, 1.82) is 0 Å². The number of hydrogen-bond acceptors (Lipinski definition) is 4. The Bertz CT molecular complexity index is 403. The first-order chi connectivity index (χ1) is 7.16. The number of cyclic esters (lactones) is 2. The third-order valence-electron chi connectivity index (χ3n) is 2.30. The molecular formula is C10H8ClNO3. The van der Waals surface area contributed by atoms with Gasteiger partial charge in [-0.1, -0.05) is 11.6 Å². The summed E-state index contributed by atoms with van der Waals surface area (Å²) in [6.07, 6.45) is 3.47. The Hall–Kier alpha value is -1.42. The van der Waals surface area contributed by atoms with Gasteiger partial charge in [-0.15, -0.1) is 0 Å². The van der Waals surface area contributed by atoms with Gasteiger partial charge in [0.25, 0.3) is 0 Å². The van der Waals surface area contributed by atoms with Crippen LogP contribution in [-0.4, -0.2) is 16.9 Å². The van der Waals surface area contributed by atoms with E-state index in [0.717, 1.165) is 5.56 Å². The van der Waals surface area contributed by atoms with Gasteiger partial charge in [0.15, 0.2) is 0 Å². The Morgan fingerprint density at radius 3 is 2.60 bits per heavy atom. The van der Waals surface area contributed by atoms with Crippen LogP contribution in [0.3, 0.4) is 0 Å². The van der Waals surface area contributed by atoms with Crippen LogP contribution in [-0.2, 0) is 14.3 Å². The van der Waals surface area contributed by atoms with Crippen molar-refractivity contribution < 1.29 is 14.3 Å². The number of aromatic nitrogens is 1. The molecule has 1 saturated heterocycles. The number of ether oxygens (including phenoxy) is 1. The molecule has 0 unspecified atom stereocenters. The van der Waals surface area contributed by atoms with Crippen molar-refractivity contribution >= 4 is 23.5 Å². The molecule has 0 N–H and O–H groups in total. The lowest BCUT2D eigenvalue weighted by Gasteiger charge is -2.20. The summed E-state index contributed by atoms with van der Waals surface area (Å²) in [4.78, 5) is 26.0. The van der Waals surface area contributed by atoms with Gasteiger partial charge in [-0.05, 0) is 11.6 Å². The third-order valence-corrected chi connectivity index (χ3v) is 2.61. The summed E-state index contributed by atoms with van der Waals surface area (Å²) in [6, 6.07) is 1.72. The van der Waals surface area contributed by atoms with Crippen molar-refractivity contribution in [3.8, 4) is 0 Å². The first-order valence-corrected chi connectivity index (χ1v) is 4.87. The standard InChI is InChI=1S/C10H8ClNO3/c11-8-5-12-2-1-7(8)6-3-9(13)15-10(14)4-6/h1-2,5-6H,3-4H2. The molecule has 0 saturated carbocycles. The Labute approximate surface area is 91.2 Å². The molecule has 0 radical (unpaired) electrons. The number of nitrogens with zero attached hydrogens (tertiary/aromatic N) is 1. The molecule has 1 aromatic heterocycles. The van der Waals surface area contributed by atoms with E-state index in [2.05, 4.69) is 9.72 Å². The predicted molar refractivity (Wildman–Crippen MR) is 52.3 cm³/mol. The number of carbonyl (C=O) groups is 2. The fourth-order valence-corrected chi connectivity index (χ4v) is 1.90. The van der Waals surface area contributed by atoms with E-state index in [0.29, 0.717) is 5.02 Å². The molecule has 15 heavy (non-hydrogen) atoms. The Morgan fingerprint density at radius 1 is 1.33 bits per heavy atom. The zero-order valence-corrected chi connectivity index (χ0v) is 8.53. The lowest BCUT2D eigenvalue weighted by Crippen LogP contribution is -2.24. The van der Waals surface area contributed by atoms with Crippen LogP contribution < -0.4 is 0 Å². The summed E-state index contributed by atoms with van der Waals surface area (Å²) in [6.45, 7) is 0. The van der Waals surface area contributed by atoms with E-state index in [1.165, 1.54) is 6.20 Å². The Morgan fingerprint density at radius 2 is 2.00 bits per heavy atom. The number of carbonyl (C=O) groups excluding carboxylic acids is 2. The van der Waals surface area contributed by atoms with Gasteiger partial charge in [0.2, 0.25) is 0 Å². The van der Waals surface area contributed by atoms with E-state index in [9.17, 15) is 9.59 Å². The minimum Gasteiger partial charge on any atom is -0.393 e. The molecule has 1 aliphatic rings. The highest BCUT2D eigenvalue weighted by Crippen LogP contribution is 2.32. The molecular weight excluding hydrogens is 218 g/mol. The van der Waals surface area contributed by atoms with Crippen LogP contribution in [0.2, 0.25) is 5.02 Å². The second-order valence-corrected chi connectivity index (χ2v) is 3.76. The fraction of sp³-hybridized carbons (Fsp3) is 0.300. The van der Waals surface area contributed by atoms with Crippen molar-refractivity contribution in [1.82, 2.24) is 4.98 Å². The molecule has 0 spiro atoms. The summed E-state index contributed by atoms with van der Waals surface area (Å²) in [7, 11) is 0. The minimum absolute atomic E-state index is 0.186. The largest absolute Gasteiger partial charge is 0.393 e. The summed E-state index contributed by atoms with van der Waals surface area (Å²) in [5, 5.41) is 0.477. The lowest BCUT2D eigenvalue weighted by molar-refractivity contribution is -0.163. The van der Waals surface area contributed by atoms with Gasteiger partial charge >= 0.3 is 11.9 Å². The van der Waals surface area contributed by atoms with Crippen LogP contribution in [0.5, 0.6) is 0 Å².